The molecule has 3 aliphatic rings. The summed E-state index contributed by atoms with van der Waals surface area (Å²) in [5, 5.41) is 14.4. The lowest BCUT2D eigenvalue weighted by atomic mass is 10.1. The first-order valence-corrected chi connectivity index (χ1v) is 39.3. The quantitative estimate of drug-likeness (QED) is 0.0306. The van der Waals surface area contributed by atoms with Crippen molar-refractivity contribution in [1.82, 2.24) is 42.0 Å². The van der Waals surface area contributed by atoms with Crippen molar-refractivity contribution in [2.45, 2.75) is 82.8 Å². The van der Waals surface area contributed by atoms with Crippen molar-refractivity contribution in [1.29, 1.82) is 0 Å². The molecule has 6 heterocycles. The molecule has 0 bridgehead atoms. The van der Waals surface area contributed by atoms with Gasteiger partial charge in [-0.05, 0) is 90.6 Å². The highest BCUT2D eigenvalue weighted by Gasteiger charge is 2.46. The Morgan fingerprint density at radius 2 is 0.699 bits per heavy atom. The van der Waals surface area contributed by atoms with Gasteiger partial charge in [0.2, 0.25) is 17.7 Å². The van der Waals surface area contributed by atoms with E-state index in [0.29, 0.717) is 34.8 Å². The summed E-state index contributed by atoms with van der Waals surface area (Å²) in [6, 6.07) is 34.7. The van der Waals surface area contributed by atoms with Crippen LogP contribution in [0.4, 0.5) is 30.2 Å². The Morgan fingerprint density at radius 1 is 0.437 bits per heavy atom. The number of nitrogens with zero attached hydrogens (tertiary/aromatic N) is 6. The van der Waals surface area contributed by atoms with Crippen molar-refractivity contribution >= 4 is 134 Å². The molecule has 3 fully saturated rings. The molecular weight excluding hydrogens is 1520 g/mol. The van der Waals surface area contributed by atoms with Crippen LogP contribution in [0, 0.1) is 17.5 Å². The molecule has 103 heavy (non-hydrogen) atoms. The zero-order chi connectivity index (χ0) is 72.4. The fourth-order valence-electron chi connectivity index (χ4n) is 10.8. The number of carbonyl (C=O) groups is 3. The van der Waals surface area contributed by atoms with Gasteiger partial charge in [0, 0.05) is 71.4 Å². The van der Waals surface area contributed by atoms with Crippen molar-refractivity contribution in [3.63, 3.8) is 0 Å². The normalized spacial score (nSPS) is 20.0. The summed E-state index contributed by atoms with van der Waals surface area (Å²) in [5.74, 6) is -3.53. The second-order valence-electron chi connectivity index (χ2n) is 22.7. The third-order valence-corrected chi connectivity index (χ3v) is 24.1. The molecule has 548 valence electrons. The van der Waals surface area contributed by atoms with Crippen LogP contribution in [0.1, 0.15) is 76.5 Å². The monoisotopic (exact) mass is 1590 g/mol. The number of anilines is 3. The minimum Gasteiger partial charge on any atom is -0.375 e. The molecule has 3 aromatic heterocycles. The number of halogens is 6. The first-order chi connectivity index (χ1) is 49.0. The largest absolute Gasteiger partial charge is 0.375 e. The van der Waals surface area contributed by atoms with E-state index in [9.17, 15) is 52.8 Å². The van der Waals surface area contributed by atoms with Crippen LogP contribution in [0.3, 0.4) is 0 Å². The van der Waals surface area contributed by atoms with Crippen LogP contribution in [-0.2, 0) is 79.0 Å². The molecule has 3 saturated heterocycles. The number of thiazole rings is 3. The number of hydrogen-bond donors (Lipinski definition) is 6. The number of aromatic nitrogens is 3. The van der Waals surface area contributed by atoms with Crippen molar-refractivity contribution in [3.8, 4) is 0 Å². The predicted octanol–water partition coefficient (Wildman–Crippen LogP) is 11.9. The van der Waals surface area contributed by atoms with Gasteiger partial charge in [0.25, 0.3) is 30.6 Å². The summed E-state index contributed by atoms with van der Waals surface area (Å²) in [7, 11) is -12.1. The second kappa shape index (κ2) is 37.7. The van der Waals surface area contributed by atoms with Crippen LogP contribution in [-0.4, -0.2) is 128 Å². The van der Waals surface area contributed by atoms with E-state index in [4.69, 9.17) is 49.0 Å². The molecule has 36 heteroatoms. The Kier molecular flexibility index (Phi) is 29.2. The van der Waals surface area contributed by atoms with Gasteiger partial charge in [-0.2, -0.15) is 52.3 Å². The maximum atomic E-state index is 13.5. The fourth-order valence-corrected chi connectivity index (χ4v) is 18.3. The van der Waals surface area contributed by atoms with Crippen molar-refractivity contribution in [2.24, 2.45) is 0 Å². The van der Waals surface area contributed by atoms with E-state index in [1.807, 2.05) is 91.0 Å². The van der Waals surface area contributed by atoms with Crippen LogP contribution in [0.5, 0.6) is 0 Å². The Labute approximate surface area is 621 Å². The van der Waals surface area contributed by atoms with E-state index in [2.05, 4.69) is 45.1 Å². The smallest absolute Gasteiger partial charge is 0.280 e. The lowest BCUT2D eigenvalue weighted by molar-refractivity contribution is -0.121. The minimum absolute atomic E-state index is 0. The van der Waals surface area contributed by atoms with Crippen LogP contribution in [0.25, 0.3) is 0 Å². The zero-order valence-electron chi connectivity index (χ0n) is 53.6. The Hall–Kier alpha value is -7.23. The number of carbonyl (C=O) groups excluding carboxylic acids is 3. The van der Waals surface area contributed by atoms with Gasteiger partial charge in [0.15, 0.2) is 0 Å². The summed E-state index contributed by atoms with van der Waals surface area (Å²) < 4.78 is 147. The SMILES string of the molecule is C.O=C(Nc1ccc(F)c(Cl)c1)C1CC(c2nccs2)NS(=O)(=O)N1CCOCc1ccccc1.O=C(Nc1ccc(F)c(Cl)c1)[C@@H]1C[C@H](c2nccs2)NS(=O)(=O)N1CCOCc1ccccc1.O=C(Nc1ccc(F)c(Cl)c1)[C@H]1C[C@@H](c2nccs2)NS(=O)(=O)N1CCOCc1ccccc1. The average Bonchev–Trinajstić information content (AvgIpc) is 0.918. The first kappa shape index (κ1) is 79.9. The van der Waals surface area contributed by atoms with Crippen LogP contribution in [0.15, 0.2) is 180 Å². The standard InChI is InChI=1S/3C22H22ClFN4O4S2.CH4/c3*23-17-12-16(6-7-18(17)24)26-21(29)20-13-19(22-25-8-11-33-22)27-34(30,31)28(20)9-10-32-14-15-4-2-1-3-5-15;/h3*1-8,11-12,19-20,27H,9-10,13-14H2,(H,26,29);1H4/t2*19-,20+;;/m10../s1. The lowest BCUT2D eigenvalue weighted by Crippen LogP contribution is -2.58. The highest BCUT2D eigenvalue weighted by Crippen LogP contribution is 2.35. The third kappa shape index (κ3) is 22.4. The van der Waals surface area contributed by atoms with Gasteiger partial charge < -0.3 is 30.2 Å². The third-order valence-electron chi connectivity index (χ3n) is 15.6. The van der Waals surface area contributed by atoms with Gasteiger partial charge in [0.05, 0.1) is 72.8 Å². The Morgan fingerprint density at radius 3 is 0.932 bits per heavy atom. The summed E-state index contributed by atoms with van der Waals surface area (Å²) in [6.07, 6.45) is 5.21. The molecule has 0 aliphatic carbocycles. The van der Waals surface area contributed by atoms with E-state index in [1.54, 1.807) is 34.7 Å². The number of benzene rings is 6. The minimum atomic E-state index is -4.02. The Bertz CT molecular complexity index is 4150. The summed E-state index contributed by atoms with van der Waals surface area (Å²) >= 11 is 21.3. The van der Waals surface area contributed by atoms with E-state index in [0.717, 1.165) is 47.8 Å². The molecule has 12 rings (SSSR count). The van der Waals surface area contributed by atoms with E-state index in [1.165, 1.54) is 70.4 Å². The Balaban J connectivity index is 0.000000179. The molecular formula is C67H70Cl3F3N12O12S6. The summed E-state index contributed by atoms with van der Waals surface area (Å²) in [6.45, 7) is 1.11. The zero-order valence-corrected chi connectivity index (χ0v) is 60.7. The maximum Gasteiger partial charge on any atom is 0.280 e. The van der Waals surface area contributed by atoms with Gasteiger partial charge in [-0.3, -0.25) is 14.4 Å². The van der Waals surface area contributed by atoms with Crippen molar-refractivity contribution in [2.75, 3.05) is 55.4 Å². The van der Waals surface area contributed by atoms with Crippen molar-refractivity contribution in [3.05, 3.63) is 245 Å². The lowest BCUT2D eigenvalue weighted by Gasteiger charge is -2.37. The van der Waals surface area contributed by atoms with E-state index >= 15 is 0 Å². The maximum absolute atomic E-state index is 13.5. The molecule has 0 spiro atoms. The van der Waals surface area contributed by atoms with Gasteiger partial charge in [0.1, 0.15) is 50.6 Å². The predicted molar refractivity (Wildman–Crippen MR) is 391 cm³/mol. The molecule has 3 amide bonds. The topological polar surface area (TPSA) is 302 Å². The molecule has 0 radical (unpaired) electrons. The van der Waals surface area contributed by atoms with Gasteiger partial charge >= 0.3 is 0 Å². The highest BCUT2D eigenvalue weighted by atomic mass is 35.5. The first-order valence-electron chi connectivity index (χ1n) is 31.2. The van der Waals surface area contributed by atoms with E-state index in [-0.39, 0.29) is 98.3 Å². The molecule has 3 aliphatic heterocycles. The molecule has 0 saturated carbocycles. The number of nitrogens with one attached hydrogen (secondary N) is 6. The number of amides is 3. The molecule has 6 aromatic carbocycles. The number of ether oxygens (including phenoxy) is 3. The number of rotatable bonds is 24. The van der Waals surface area contributed by atoms with E-state index < -0.39 is 102 Å². The van der Waals surface area contributed by atoms with Crippen LogP contribution in [0.2, 0.25) is 15.1 Å². The molecule has 6 N–H and O–H groups in total. The average molecular weight is 1590 g/mol. The van der Waals surface area contributed by atoms with Crippen molar-refractivity contribution < 1.29 is 67.0 Å². The number of hydrogen-bond acceptors (Lipinski definition) is 18. The molecule has 24 nitrogen and oxygen atoms in total. The fraction of sp³-hybridized carbons (Fsp3) is 0.284. The van der Waals surface area contributed by atoms with Gasteiger partial charge in [-0.1, -0.05) is 133 Å². The summed E-state index contributed by atoms with van der Waals surface area (Å²) in [5.41, 5.74) is 3.64. The highest BCUT2D eigenvalue weighted by molar-refractivity contribution is 7.87. The van der Waals surface area contributed by atoms with Crippen LogP contribution < -0.4 is 30.1 Å². The van der Waals surface area contributed by atoms with Gasteiger partial charge in [-0.25, -0.2) is 28.1 Å². The second-order valence-corrected chi connectivity index (χ2v) is 31.7. The van der Waals surface area contributed by atoms with Gasteiger partial charge in [-0.15, -0.1) is 34.0 Å². The molecule has 6 atom stereocenters. The molecule has 2 unspecified atom stereocenters. The van der Waals surface area contributed by atoms with Crippen LogP contribution >= 0.6 is 68.8 Å². The molecule has 9 aromatic rings. The summed E-state index contributed by atoms with van der Waals surface area (Å²) in [4.78, 5) is 52.2.